The number of rotatable bonds is 6. The fraction of sp³-hybridized carbons (Fsp3) is 0.538. The van der Waals surface area contributed by atoms with E-state index in [0.717, 1.165) is 11.3 Å². The van der Waals surface area contributed by atoms with Crippen molar-refractivity contribution in [3.8, 4) is 5.75 Å². The molecule has 0 bridgehead atoms. The summed E-state index contributed by atoms with van der Waals surface area (Å²) in [4.78, 5) is 0. The summed E-state index contributed by atoms with van der Waals surface area (Å²) in [5.41, 5.74) is 0.850. The molecule has 17 heavy (non-hydrogen) atoms. The van der Waals surface area contributed by atoms with Gasteiger partial charge >= 0.3 is 0 Å². The van der Waals surface area contributed by atoms with Crippen LogP contribution in [0.25, 0.3) is 0 Å². The molecule has 4 heteroatoms. The molecule has 0 aromatic heterocycles. The largest absolute Gasteiger partial charge is 0.495 e. The second-order valence-electron chi connectivity index (χ2n) is 4.34. The number of aliphatic hydroxyl groups is 1. The fourth-order valence-electron chi connectivity index (χ4n) is 1.40. The number of benzene rings is 1. The highest BCUT2D eigenvalue weighted by atomic mass is 35.5. The van der Waals surface area contributed by atoms with Crippen LogP contribution >= 0.6 is 23.4 Å². The SMILES string of the molecule is COc1cc(C(O)CSCC(C)C)ccc1Cl. The van der Waals surface area contributed by atoms with Crippen LogP contribution in [0.15, 0.2) is 18.2 Å². The number of ether oxygens (including phenoxy) is 1. The molecule has 0 heterocycles. The quantitative estimate of drug-likeness (QED) is 0.856. The highest BCUT2D eigenvalue weighted by molar-refractivity contribution is 7.99. The number of aliphatic hydroxyl groups excluding tert-OH is 1. The first kappa shape index (κ1) is 14.7. The summed E-state index contributed by atoms with van der Waals surface area (Å²) in [6, 6.07) is 5.39. The van der Waals surface area contributed by atoms with Crippen LogP contribution < -0.4 is 4.74 Å². The van der Waals surface area contributed by atoms with Crippen LogP contribution in [0.5, 0.6) is 5.75 Å². The molecule has 2 nitrogen and oxygen atoms in total. The standard InChI is InChI=1S/C13H19ClO2S/c1-9(2)7-17-8-12(15)10-4-5-11(14)13(6-10)16-3/h4-6,9,12,15H,7-8H2,1-3H3. The molecular weight excluding hydrogens is 256 g/mol. The molecule has 1 atom stereocenters. The van der Waals surface area contributed by atoms with Crippen molar-refractivity contribution in [1.29, 1.82) is 0 Å². The van der Waals surface area contributed by atoms with E-state index in [2.05, 4.69) is 13.8 Å². The Hall–Kier alpha value is -0.380. The van der Waals surface area contributed by atoms with Gasteiger partial charge in [-0.05, 0) is 29.4 Å². The zero-order valence-corrected chi connectivity index (χ0v) is 12.0. The van der Waals surface area contributed by atoms with Gasteiger partial charge in [-0.25, -0.2) is 0 Å². The Balaban J connectivity index is 2.59. The Bertz CT molecular complexity index is 355. The lowest BCUT2D eigenvalue weighted by Crippen LogP contribution is -2.03. The second-order valence-corrected chi connectivity index (χ2v) is 5.82. The maximum atomic E-state index is 10.0. The zero-order valence-electron chi connectivity index (χ0n) is 10.4. The molecule has 0 fully saturated rings. The Morgan fingerprint density at radius 2 is 2.06 bits per heavy atom. The molecule has 0 aliphatic carbocycles. The normalized spacial score (nSPS) is 12.8. The number of hydrogen-bond acceptors (Lipinski definition) is 3. The molecule has 0 radical (unpaired) electrons. The Labute approximate surface area is 112 Å². The van der Waals surface area contributed by atoms with E-state index >= 15 is 0 Å². The van der Waals surface area contributed by atoms with Crippen molar-refractivity contribution in [3.63, 3.8) is 0 Å². The lowest BCUT2D eigenvalue weighted by Gasteiger charge is -2.13. The summed E-state index contributed by atoms with van der Waals surface area (Å²) < 4.78 is 5.13. The van der Waals surface area contributed by atoms with Gasteiger partial charge in [0.25, 0.3) is 0 Å². The summed E-state index contributed by atoms with van der Waals surface area (Å²) in [7, 11) is 1.57. The smallest absolute Gasteiger partial charge is 0.137 e. The van der Waals surface area contributed by atoms with Crippen LogP contribution in [0.1, 0.15) is 25.5 Å². The predicted molar refractivity (Wildman–Crippen MR) is 75.1 cm³/mol. The number of thioether (sulfide) groups is 1. The predicted octanol–water partition coefficient (Wildman–Crippen LogP) is 3.77. The van der Waals surface area contributed by atoms with Crippen molar-refractivity contribution in [2.45, 2.75) is 20.0 Å². The maximum absolute atomic E-state index is 10.0. The van der Waals surface area contributed by atoms with Gasteiger partial charge in [0.2, 0.25) is 0 Å². The Kier molecular flexibility index (Phi) is 6.17. The average Bonchev–Trinajstić information content (AvgIpc) is 2.29. The van der Waals surface area contributed by atoms with Crippen molar-refractivity contribution in [3.05, 3.63) is 28.8 Å². The molecule has 0 saturated carbocycles. The number of halogens is 1. The molecule has 0 amide bonds. The van der Waals surface area contributed by atoms with E-state index in [9.17, 15) is 5.11 Å². The molecule has 1 unspecified atom stereocenters. The first-order valence-corrected chi connectivity index (χ1v) is 7.17. The molecular formula is C13H19ClO2S. The average molecular weight is 275 g/mol. The van der Waals surface area contributed by atoms with Crippen molar-refractivity contribution in [1.82, 2.24) is 0 Å². The first-order chi connectivity index (χ1) is 8.04. The lowest BCUT2D eigenvalue weighted by atomic mass is 10.1. The van der Waals surface area contributed by atoms with E-state index in [4.69, 9.17) is 16.3 Å². The highest BCUT2D eigenvalue weighted by Crippen LogP contribution is 2.29. The van der Waals surface area contributed by atoms with Crippen LogP contribution in [0, 0.1) is 5.92 Å². The van der Waals surface area contributed by atoms with E-state index in [-0.39, 0.29) is 0 Å². The van der Waals surface area contributed by atoms with Gasteiger partial charge in [0.05, 0.1) is 18.2 Å². The van der Waals surface area contributed by atoms with Crippen LogP contribution in [-0.4, -0.2) is 23.7 Å². The topological polar surface area (TPSA) is 29.5 Å². The van der Waals surface area contributed by atoms with E-state index in [0.29, 0.717) is 22.4 Å². The fourth-order valence-corrected chi connectivity index (χ4v) is 2.61. The minimum atomic E-state index is -0.468. The summed E-state index contributed by atoms with van der Waals surface area (Å²) in [5, 5.41) is 10.6. The first-order valence-electron chi connectivity index (χ1n) is 5.63. The van der Waals surface area contributed by atoms with E-state index in [1.165, 1.54) is 0 Å². The van der Waals surface area contributed by atoms with Crippen molar-refractivity contribution < 1.29 is 9.84 Å². The molecule has 0 aliphatic heterocycles. The Morgan fingerprint density at radius 1 is 1.35 bits per heavy atom. The van der Waals surface area contributed by atoms with Crippen LogP contribution in [0.3, 0.4) is 0 Å². The monoisotopic (exact) mass is 274 g/mol. The van der Waals surface area contributed by atoms with E-state index in [1.54, 1.807) is 31.0 Å². The second kappa shape index (κ2) is 7.14. The summed E-state index contributed by atoms with van der Waals surface area (Å²) in [5.74, 6) is 3.01. The lowest BCUT2D eigenvalue weighted by molar-refractivity contribution is 0.203. The number of methoxy groups -OCH3 is 1. The minimum absolute atomic E-state index is 0.468. The summed E-state index contributed by atoms with van der Waals surface area (Å²) >= 11 is 7.69. The third-order valence-corrected chi connectivity index (χ3v) is 4.05. The summed E-state index contributed by atoms with van der Waals surface area (Å²) in [6.07, 6.45) is -0.468. The molecule has 0 spiro atoms. The van der Waals surface area contributed by atoms with Gasteiger partial charge in [0.1, 0.15) is 5.75 Å². The summed E-state index contributed by atoms with van der Waals surface area (Å²) in [6.45, 7) is 4.34. The molecule has 0 saturated heterocycles. The third-order valence-electron chi connectivity index (χ3n) is 2.29. The minimum Gasteiger partial charge on any atom is -0.495 e. The van der Waals surface area contributed by atoms with Crippen molar-refractivity contribution in [2.24, 2.45) is 5.92 Å². The van der Waals surface area contributed by atoms with E-state index in [1.807, 2.05) is 6.07 Å². The molecule has 1 N–H and O–H groups in total. The van der Waals surface area contributed by atoms with Gasteiger partial charge in [-0.15, -0.1) is 0 Å². The van der Waals surface area contributed by atoms with E-state index < -0.39 is 6.10 Å². The van der Waals surface area contributed by atoms with Gasteiger partial charge < -0.3 is 9.84 Å². The molecule has 1 aromatic rings. The van der Waals surface area contributed by atoms with Gasteiger partial charge in [-0.1, -0.05) is 31.5 Å². The van der Waals surface area contributed by atoms with Crippen LogP contribution in [-0.2, 0) is 0 Å². The third kappa shape index (κ3) is 4.78. The van der Waals surface area contributed by atoms with Crippen LogP contribution in [0.2, 0.25) is 5.02 Å². The van der Waals surface area contributed by atoms with Gasteiger partial charge in [0, 0.05) is 5.75 Å². The van der Waals surface area contributed by atoms with Gasteiger partial charge in [-0.2, -0.15) is 11.8 Å². The molecule has 1 rings (SSSR count). The van der Waals surface area contributed by atoms with Crippen molar-refractivity contribution in [2.75, 3.05) is 18.6 Å². The van der Waals surface area contributed by atoms with Crippen molar-refractivity contribution >= 4 is 23.4 Å². The zero-order chi connectivity index (χ0) is 12.8. The molecule has 96 valence electrons. The number of hydrogen-bond donors (Lipinski definition) is 1. The van der Waals surface area contributed by atoms with Gasteiger partial charge in [-0.3, -0.25) is 0 Å². The Morgan fingerprint density at radius 3 is 2.65 bits per heavy atom. The molecule has 0 aliphatic rings. The molecule has 1 aromatic carbocycles. The van der Waals surface area contributed by atoms with Crippen LogP contribution in [0.4, 0.5) is 0 Å². The maximum Gasteiger partial charge on any atom is 0.137 e. The van der Waals surface area contributed by atoms with Gasteiger partial charge in [0.15, 0.2) is 0 Å². The highest BCUT2D eigenvalue weighted by Gasteiger charge is 2.10.